The van der Waals surface area contributed by atoms with Crippen LogP contribution in [0.5, 0.6) is 5.75 Å². The number of aliphatic imine (C=N–C) groups is 1. The van der Waals surface area contributed by atoms with Crippen LogP contribution in [0.1, 0.15) is 5.56 Å². The third-order valence-corrected chi connectivity index (χ3v) is 2.31. The molecule has 6 heteroatoms. The summed E-state index contributed by atoms with van der Waals surface area (Å²) in [6.07, 6.45) is 5.25. The Morgan fingerprint density at radius 2 is 2.06 bits per heavy atom. The summed E-state index contributed by atoms with van der Waals surface area (Å²) in [5.41, 5.74) is 11.6. The number of hydrogen-bond donors (Lipinski definition) is 2. The van der Waals surface area contributed by atoms with Crippen molar-refractivity contribution >= 4 is 5.96 Å². The minimum atomic E-state index is 0.0930. The topological polar surface area (TPSA) is 91.5 Å². The monoisotopic (exact) mass is 245 g/mol. The molecule has 1 aromatic heterocycles. The van der Waals surface area contributed by atoms with Gasteiger partial charge in [0, 0.05) is 12.4 Å². The summed E-state index contributed by atoms with van der Waals surface area (Å²) >= 11 is 0. The van der Waals surface area contributed by atoms with Gasteiger partial charge in [0.25, 0.3) is 0 Å². The van der Waals surface area contributed by atoms with Crippen molar-refractivity contribution in [3.8, 4) is 5.75 Å². The third kappa shape index (κ3) is 3.51. The lowest BCUT2D eigenvalue weighted by Crippen LogP contribution is -2.22. The standard InChI is InChI=1S/C12H15N5O/c13-12(14)16-7-10-1-3-11(4-2-10)18-9-17-6-5-15-8-17/h1-6,8H,7,9H2,(H4,13,14,16). The number of imidazole rings is 1. The van der Waals surface area contributed by atoms with Gasteiger partial charge in [0.05, 0.1) is 12.9 Å². The minimum Gasteiger partial charge on any atom is -0.473 e. The zero-order valence-corrected chi connectivity index (χ0v) is 9.86. The predicted octanol–water partition coefficient (Wildman–Crippen LogP) is 0.693. The summed E-state index contributed by atoms with van der Waals surface area (Å²) in [5, 5.41) is 0. The molecule has 0 aliphatic rings. The highest BCUT2D eigenvalue weighted by molar-refractivity contribution is 5.75. The molecule has 0 spiro atoms. The van der Waals surface area contributed by atoms with Gasteiger partial charge in [0.2, 0.25) is 0 Å². The van der Waals surface area contributed by atoms with Crippen LogP contribution in [-0.4, -0.2) is 15.5 Å². The molecule has 0 fully saturated rings. The third-order valence-electron chi connectivity index (χ3n) is 2.31. The number of aromatic nitrogens is 2. The fourth-order valence-electron chi connectivity index (χ4n) is 1.39. The predicted molar refractivity (Wildman–Crippen MR) is 68.8 cm³/mol. The molecule has 2 rings (SSSR count). The molecule has 1 aromatic carbocycles. The van der Waals surface area contributed by atoms with Gasteiger partial charge in [0.1, 0.15) is 5.75 Å². The molecule has 0 saturated carbocycles. The molecule has 0 amide bonds. The quantitative estimate of drug-likeness (QED) is 0.599. The second-order valence-electron chi connectivity index (χ2n) is 3.74. The first-order valence-electron chi connectivity index (χ1n) is 5.47. The van der Waals surface area contributed by atoms with Gasteiger partial charge >= 0.3 is 0 Å². The fraction of sp³-hybridized carbons (Fsp3) is 0.167. The van der Waals surface area contributed by atoms with Crippen LogP contribution in [0, 0.1) is 0 Å². The van der Waals surface area contributed by atoms with Crippen molar-refractivity contribution in [3.63, 3.8) is 0 Å². The average Bonchev–Trinajstić information content (AvgIpc) is 2.88. The van der Waals surface area contributed by atoms with E-state index in [1.807, 2.05) is 35.0 Å². The Bertz CT molecular complexity index is 500. The lowest BCUT2D eigenvalue weighted by atomic mass is 10.2. The Balaban J connectivity index is 1.89. The van der Waals surface area contributed by atoms with Crippen molar-refractivity contribution in [1.82, 2.24) is 9.55 Å². The molecular formula is C12H15N5O. The number of nitrogens with two attached hydrogens (primary N) is 2. The molecule has 2 aromatic rings. The maximum absolute atomic E-state index is 5.57. The lowest BCUT2D eigenvalue weighted by Gasteiger charge is -2.07. The van der Waals surface area contributed by atoms with Crippen molar-refractivity contribution in [2.24, 2.45) is 16.5 Å². The van der Waals surface area contributed by atoms with Crippen LogP contribution in [0.15, 0.2) is 48.0 Å². The highest BCUT2D eigenvalue weighted by Crippen LogP contribution is 2.13. The minimum absolute atomic E-state index is 0.0930. The maximum Gasteiger partial charge on any atom is 0.186 e. The molecule has 0 atom stereocenters. The van der Waals surface area contributed by atoms with E-state index in [1.165, 1.54) is 0 Å². The summed E-state index contributed by atoms with van der Waals surface area (Å²) in [6, 6.07) is 7.62. The van der Waals surface area contributed by atoms with Crippen LogP contribution >= 0.6 is 0 Å². The van der Waals surface area contributed by atoms with E-state index >= 15 is 0 Å². The van der Waals surface area contributed by atoms with Crippen LogP contribution in [0.4, 0.5) is 0 Å². The number of hydrogen-bond acceptors (Lipinski definition) is 3. The van der Waals surface area contributed by atoms with Gasteiger partial charge in [-0.05, 0) is 17.7 Å². The molecule has 0 bridgehead atoms. The first kappa shape index (κ1) is 12.0. The second kappa shape index (κ2) is 5.72. The zero-order valence-electron chi connectivity index (χ0n) is 9.86. The molecule has 94 valence electrons. The first-order chi connectivity index (χ1) is 8.74. The first-order valence-corrected chi connectivity index (χ1v) is 5.47. The molecule has 18 heavy (non-hydrogen) atoms. The molecule has 4 N–H and O–H groups in total. The number of nitrogens with zero attached hydrogens (tertiary/aromatic N) is 3. The maximum atomic E-state index is 5.57. The van der Waals surface area contributed by atoms with Gasteiger partial charge in [-0.1, -0.05) is 12.1 Å². The Morgan fingerprint density at radius 1 is 1.28 bits per heavy atom. The second-order valence-corrected chi connectivity index (χ2v) is 3.74. The Hall–Kier alpha value is -2.50. The van der Waals surface area contributed by atoms with Crippen LogP contribution in [-0.2, 0) is 13.3 Å². The molecule has 0 saturated heterocycles. The molecule has 0 unspecified atom stereocenters. The van der Waals surface area contributed by atoms with E-state index in [1.54, 1.807) is 12.5 Å². The van der Waals surface area contributed by atoms with Gasteiger partial charge in [-0.15, -0.1) is 0 Å². The SMILES string of the molecule is NC(N)=NCc1ccc(OCn2ccnc2)cc1. The Morgan fingerprint density at radius 3 is 2.67 bits per heavy atom. The Labute approximate surface area is 105 Å². The van der Waals surface area contributed by atoms with Gasteiger partial charge in [-0.2, -0.15) is 0 Å². The molecule has 6 nitrogen and oxygen atoms in total. The number of rotatable bonds is 5. The number of benzene rings is 1. The number of ether oxygens (including phenoxy) is 1. The molecular weight excluding hydrogens is 230 g/mol. The van der Waals surface area contributed by atoms with E-state index in [9.17, 15) is 0 Å². The van der Waals surface area contributed by atoms with Gasteiger partial charge in [-0.25, -0.2) is 9.98 Å². The molecule has 0 radical (unpaired) electrons. The van der Waals surface area contributed by atoms with E-state index < -0.39 is 0 Å². The van der Waals surface area contributed by atoms with Crippen molar-refractivity contribution in [3.05, 3.63) is 48.5 Å². The van der Waals surface area contributed by atoms with Crippen LogP contribution < -0.4 is 16.2 Å². The molecule has 0 aliphatic carbocycles. The summed E-state index contributed by atoms with van der Waals surface area (Å²) < 4.78 is 7.41. The molecule has 1 heterocycles. The van der Waals surface area contributed by atoms with Gasteiger partial charge in [0.15, 0.2) is 12.7 Å². The van der Waals surface area contributed by atoms with Crippen LogP contribution in [0.25, 0.3) is 0 Å². The smallest absolute Gasteiger partial charge is 0.186 e. The highest BCUT2D eigenvalue weighted by Gasteiger charge is 1.96. The normalized spacial score (nSPS) is 10.0. The zero-order chi connectivity index (χ0) is 12.8. The van der Waals surface area contributed by atoms with Crippen molar-refractivity contribution in [1.29, 1.82) is 0 Å². The summed E-state index contributed by atoms with van der Waals surface area (Å²) in [6.45, 7) is 0.914. The van der Waals surface area contributed by atoms with Gasteiger partial charge in [-0.3, -0.25) is 0 Å². The van der Waals surface area contributed by atoms with E-state index in [-0.39, 0.29) is 5.96 Å². The van der Waals surface area contributed by atoms with Crippen LogP contribution in [0.2, 0.25) is 0 Å². The van der Waals surface area contributed by atoms with Crippen LogP contribution in [0.3, 0.4) is 0 Å². The lowest BCUT2D eigenvalue weighted by molar-refractivity contribution is 0.236. The van der Waals surface area contributed by atoms with Crippen molar-refractivity contribution in [2.45, 2.75) is 13.3 Å². The Kier molecular flexibility index (Phi) is 3.80. The summed E-state index contributed by atoms with van der Waals surface area (Å²) in [4.78, 5) is 7.86. The van der Waals surface area contributed by atoms with E-state index in [2.05, 4.69) is 9.98 Å². The largest absolute Gasteiger partial charge is 0.473 e. The van der Waals surface area contributed by atoms with Crippen molar-refractivity contribution in [2.75, 3.05) is 0 Å². The average molecular weight is 245 g/mol. The fourth-order valence-corrected chi connectivity index (χ4v) is 1.39. The summed E-state index contributed by atoms with van der Waals surface area (Å²) in [5.74, 6) is 0.882. The van der Waals surface area contributed by atoms with E-state index in [0.717, 1.165) is 11.3 Å². The van der Waals surface area contributed by atoms with Crippen molar-refractivity contribution < 1.29 is 4.74 Å². The highest BCUT2D eigenvalue weighted by atomic mass is 16.5. The number of guanidine groups is 1. The van der Waals surface area contributed by atoms with Gasteiger partial charge < -0.3 is 20.8 Å². The molecule has 0 aliphatic heterocycles. The van der Waals surface area contributed by atoms with E-state index in [0.29, 0.717) is 13.3 Å². The van der Waals surface area contributed by atoms with E-state index in [4.69, 9.17) is 16.2 Å². The summed E-state index contributed by atoms with van der Waals surface area (Å²) in [7, 11) is 0.